The Morgan fingerprint density at radius 3 is 2.44 bits per heavy atom. The summed E-state index contributed by atoms with van der Waals surface area (Å²) in [5.74, 6) is 0.856. The summed E-state index contributed by atoms with van der Waals surface area (Å²) >= 11 is 0. The average molecular weight is 334 g/mol. The third kappa shape index (κ3) is 3.83. The smallest absolute Gasteiger partial charge is 0.254 e. The summed E-state index contributed by atoms with van der Waals surface area (Å²) in [6.45, 7) is 0.759. The molecule has 0 spiro atoms. The first-order valence-corrected chi connectivity index (χ1v) is 8.68. The second kappa shape index (κ2) is 7.85. The highest BCUT2D eigenvalue weighted by atomic mass is 16.5. The first-order chi connectivity index (χ1) is 12.2. The van der Waals surface area contributed by atoms with E-state index >= 15 is 0 Å². The van der Waals surface area contributed by atoms with Gasteiger partial charge >= 0.3 is 0 Å². The van der Waals surface area contributed by atoms with Gasteiger partial charge in [0, 0.05) is 12.1 Å². The molecule has 0 aliphatic carbocycles. The van der Waals surface area contributed by atoms with Crippen molar-refractivity contribution in [1.29, 1.82) is 5.26 Å². The predicted octanol–water partition coefficient (Wildman–Crippen LogP) is 4.32. The van der Waals surface area contributed by atoms with Crippen molar-refractivity contribution >= 4 is 5.91 Å². The zero-order valence-corrected chi connectivity index (χ0v) is 14.4. The Balaban J connectivity index is 1.88. The summed E-state index contributed by atoms with van der Waals surface area (Å²) < 4.78 is 5.24. The van der Waals surface area contributed by atoms with Crippen LogP contribution >= 0.6 is 0 Å². The highest BCUT2D eigenvalue weighted by molar-refractivity contribution is 5.94. The van der Waals surface area contributed by atoms with Crippen LogP contribution in [0.1, 0.15) is 53.2 Å². The van der Waals surface area contributed by atoms with Crippen molar-refractivity contribution in [3.8, 4) is 11.8 Å². The van der Waals surface area contributed by atoms with E-state index in [1.54, 1.807) is 31.4 Å². The Morgan fingerprint density at radius 1 is 1.08 bits per heavy atom. The van der Waals surface area contributed by atoms with Gasteiger partial charge in [0.05, 0.1) is 24.8 Å². The second-order valence-corrected chi connectivity index (χ2v) is 6.33. The van der Waals surface area contributed by atoms with Gasteiger partial charge in [0.1, 0.15) is 5.75 Å². The van der Waals surface area contributed by atoms with Crippen molar-refractivity contribution in [3.05, 3.63) is 65.2 Å². The van der Waals surface area contributed by atoms with E-state index in [-0.39, 0.29) is 11.9 Å². The van der Waals surface area contributed by atoms with Crippen LogP contribution in [0.15, 0.2) is 48.5 Å². The number of ether oxygens (including phenoxy) is 1. The van der Waals surface area contributed by atoms with Gasteiger partial charge in [0.2, 0.25) is 0 Å². The van der Waals surface area contributed by atoms with E-state index < -0.39 is 0 Å². The van der Waals surface area contributed by atoms with Gasteiger partial charge in [0.15, 0.2) is 0 Å². The molecule has 1 aliphatic rings. The quantitative estimate of drug-likeness (QED) is 0.840. The number of hydrogen-bond acceptors (Lipinski definition) is 3. The molecule has 2 aromatic carbocycles. The lowest BCUT2D eigenvalue weighted by molar-refractivity contribution is 0.0681. The molecular weight excluding hydrogens is 312 g/mol. The number of likely N-dealkylation sites (tertiary alicyclic amines) is 1. The fraction of sp³-hybridized carbons (Fsp3) is 0.333. The van der Waals surface area contributed by atoms with Gasteiger partial charge in [-0.2, -0.15) is 5.26 Å². The molecule has 1 heterocycles. The van der Waals surface area contributed by atoms with Crippen LogP contribution < -0.4 is 4.74 Å². The lowest BCUT2D eigenvalue weighted by Crippen LogP contribution is -2.34. The maximum absolute atomic E-state index is 13.1. The first kappa shape index (κ1) is 17.0. The molecule has 0 aromatic heterocycles. The van der Waals surface area contributed by atoms with Crippen LogP contribution in [0.25, 0.3) is 0 Å². The molecule has 128 valence electrons. The Labute approximate surface area is 148 Å². The van der Waals surface area contributed by atoms with Gasteiger partial charge in [-0.05, 0) is 54.8 Å². The maximum Gasteiger partial charge on any atom is 0.254 e. The van der Waals surface area contributed by atoms with E-state index in [0.29, 0.717) is 11.1 Å². The molecule has 25 heavy (non-hydrogen) atoms. The van der Waals surface area contributed by atoms with Crippen LogP contribution in [0.3, 0.4) is 0 Å². The minimum atomic E-state index is 0.0345. The van der Waals surface area contributed by atoms with Gasteiger partial charge in [-0.15, -0.1) is 0 Å². The number of carbonyl (C=O) groups is 1. The molecule has 3 rings (SSSR count). The Bertz CT molecular complexity index is 760. The fourth-order valence-corrected chi connectivity index (χ4v) is 3.38. The molecule has 4 nitrogen and oxygen atoms in total. The number of methoxy groups -OCH3 is 1. The van der Waals surface area contributed by atoms with E-state index in [4.69, 9.17) is 10.00 Å². The number of carbonyl (C=O) groups excluding carboxylic acids is 1. The normalized spacial score (nSPS) is 17.4. The molecule has 0 N–H and O–H groups in total. The summed E-state index contributed by atoms with van der Waals surface area (Å²) in [4.78, 5) is 15.1. The van der Waals surface area contributed by atoms with E-state index in [1.165, 1.54) is 0 Å². The highest BCUT2D eigenvalue weighted by Gasteiger charge is 2.27. The predicted molar refractivity (Wildman–Crippen MR) is 96.4 cm³/mol. The zero-order valence-electron chi connectivity index (χ0n) is 14.4. The zero-order chi connectivity index (χ0) is 17.6. The number of amides is 1. The highest BCUT2D eigenvalue weighted by Crippen LogP contribution is 2.32. The van der Waals surface area contributed by atoms with E-state index in [9.17, 15) is 4.79 Å². The minimum absolute atomic E-state index is 0.0345. The van der Waals surface area contributed by atoms with E-state index in [1.807, 2.05) is 29.2 Å². The summed E-state index contributed by atoms with van der Waals surface area (Å²) in [5, 5.41) is 8.93. The largest absolute Gasteiger partial charge is 0.497 e. The molecule has 1 saturated heterocycles. The lowest BCUT2D eigenvalue weighted by Gasteiger charge is -2.30. The van der Waals surface area contributed by atoms with Gasteiger partial charge in [-0.1, -0.05) is 25.0 Å². The second-order valence-electron chi connectivity index (χ2n) is 6.33. The van der Waals surface area contributed by atoms with Crippen molar-refractivity contribution in [2.75, 3.05) is 13.7 Å². The molecule has 0 bridgehead atoms. The Kier molecular flexibility index (Phi) is 5.35. The van der Waals surface area contributed by atoms with Crippen LogP contribution in [-0.2, 0) is 0 Å². The van der Waals surface area contributed by atoms with Crippen molar-refractivity contribution in [1.82, 2.24) is 4.90 Å². The van der Waals surface area contributed by atoms with Gasteiger partial charge in [-0.25, -0.2) is 0 Å². The van der Waals surface area contributed by atoms with E-state index in [0.717, 1.165) is 43.5 Å². The number of hydrogen-bond donors (Lipinski definition) is 0. The molecule has 1 aliphatic heterocycles. The Hall–Kier alpha value is -2.80. The average Bonchev–Trinajstić information content (AvgIpc) is 2.93. The maximum atomic E-state index is 13.1. The van der Waals surface area contributed by atoms with Gasteiger partial charge < -0.3 is 9.64 Å². The number of rotatable bonds is 3. The van der Waals surface area contributed by atoms with Crippen molar-refractivity contribution in [3.63, 3.8) is 0 Å². The number of benzene rings is 2. The SMILES string of the molecule is COc1ccc([C@H]2CCCCCN2C(=O)c2ccc(C#N)cc2)cc1. The number of nitrogens with zero attached hydrogens (tertiary/aromatic N) is 2. The summed E-state index contributed by atoms with van der Waals surface area (Å²) in [5.41, 5.74) is 2.35. The van der Waals surface area contributed by atoms with E-state index in [2.05, 4.69) is 6.07 Å². The van der Waals surface area contributed by atoms with Gasteiger partial charge in [-0.3, -0.25) is 4.79 Å². The molecule has 2 aromatic rings. The summed E-state index contributed by atoms with van der Waals surface area (Å²) in [6, 6.07) is 17.1. The monoisotopic (exact) mass is 334 g/mol. The lowest BCUT2D eigenvalue weighted by atomic mass is 9.99. The van der Waals surface area contributed by atoms with Crippen LogP contribution in [0.4, 0.5) is 0 Å². The molecule has 0 unspecified atom stereocenters. The van der Waals surface area contributed by atoms with Gasteiger partial charge in [0.25, 0.3) is 5.91 Å². The molecular formula is C21H22N2O2. The topological polar surface area (TPSA) is 53.3 Å². The molecule has 0 radical (unpaired) electrons. The minimum Gasteiger partial charge on any atom is -0.497 e. The van der Waals surface area contributed by atoms with Crippen molar-refractivity contribution < 1.29 is 9.53 Å². The number of nitriles is 1. The van der Waals surface area contributed by atoms with Crippen LogP contribution in [0.5, 0.6) is 5.75 Å². The third-order valence-corrected chi connectivity index (χ3v) is 4.78. The first-order valence-electron chi connectivity index (χ1n) is 8.68. The summed E-state index contributed by atoms with van der Waals surface area (Å²) in [7, 11) is 1.65. The molecule has 1 atom stereocenters. The summed E-state index contributed by atoms with van der Waals surface area (Å²) in [6.07, 6.45) is 4.25. The van der Waals surface area contributed by atoms with Crippen LogP contribution in [0.2, 0.25) is 0 Å². The van der Waals surface area contributed by atoms with Crippen LogP contribution in [0, 0.1) is 11.3 Å². The molecule has 1 amide bonds. The molecule has 0 saturated carbocycles. The molecule has 4 heteroatoms. The fourth-order valence-electron chi connectivity index (χ4n) is 3.38. The third-order valence-electron chi connectivity index (χ3n) is 4.78. The molecule has 1 fully saturated rings. The Morgan fingerprint density at radius 2 is 1.80 bits per heavy atom. The standard InChI is InChI=1S/C21H22N2O2/c1-25-19-12-10-17(11-13-19)20-5-3-2-4-14-23(20)21(24)18-8-6-16(15-22)7-9-18/h6-13,20H,2-5,14H2,1H3/t20-/m1/s1. The van der Waals surface area contributed by atoms with Crippen molar-refractivity contribution in [2.24, 2.45) is 0 Å². The van der Waals surface area contributed by atoms with Crippen molar-refractivity contribution in [2.45, 2.75) is 31.7 Å². The van der Waals surface area contributed by atoms with Crippen LogP contribution in [-0.4, -0.2) is 24.5 Å².